The lowest BCUT2D eigenvalue weighted by molar-refractivity contribution is -0.368. The monoisotopic (exact) mass is 265 g/mol. The molecule has 0 heterocycles. The van der Waals surface area contributed by atoms with Gasteiger partial charge in [0.2, 0.25) is 0 Å². The molecule has 0 unspecified atom stereocenters. The van der Waals surface area contributed by atoms with Gasteiger partial charge in [-0.1, -0.05) is 18.2 Å². The number of quaternary nitrogens is 1. The predicted molar refractivity (Wildman–Crippen MR) is 71.3 cm³/mol. The van der Waals surface area contributed by atoms with E-state index in [2.05, 4.69) is 11.1 Å². The van der Waals surface area contributed by atoms with Crippen molar-refractivity contribution < 1.29 is 20.1 Å². The molecule has 0 bridgehead atoms. The van der Waals surface area contributed by atoms with E-state index in [1.165, 1.54) is 7.11 Å². The Balaban J connectivity index is 2.61. The van der Waals surface area contributed by atoms with Gasteiger partial charge in [-0.3, -0.25) is 4.79 Å². The highest BCUT2D eigenvalue weighted by Gasteiger charge is 2.21. The van der Waals surface area contributed by atoms with Crippen molar-refractivity contribution >= 4 is 11.9 Å². The minimum absolute atomic E-state index is 0.259. The molecule has 1 aromatic carbocycles. The lowest BCUT2D eigenvalue weighted by atomic mass is 10.1. The minimum atomic E-state index is -0.593. The van der Waals surface area contributed by atoms with Gasteiger partial charge in [-0.25, -0.2) is 4.79 Å². The SMILES string of the molecule is COC(=O)[C@H](CCCC[NH3+])NC(=O)c1ccccc1. The molecule has 1 aromatic rings. The van der Waals surface area contributed by atoms with Crippen molar-refractivity contribution in [2.45, 2.75) is 25.3 Å². The largest absolute Gasteiger partial charge is 0.467 e. The molecule has 5 heteroatoms. The molecule has 0 aromatic heterocycles. The lowest BCUT2D eigenvalue weighted by Crippen LogP contribution is -2.50. The molecule has 5 nitrogen and oxygen atoms in total. The molecular weight excluding hydrogens is 244 g/mol. The van der Waals surface area contributed by atoms with Gasteiger partial charge >= 0.3 is 5.97 Å². The van der Waals surface area contributed by atoms with E-state index < -0.39 is 12.0 Å². The highest BCUT2D eigenvalue weighted by atomic mass is 16.5. The number of amides is 1. The molecule has 1 amide bonds. The van der Waals surface area contributed by atoms with Gasteiger partial charge in [-0.05, 0) is 31.4 Å². The van der Waals surface area contributed by atoms with E-state index in [1.54, 1.807) is 24.3 Å². The Morgan fingerprint density at radius 1 is 1.26 bits per heavy atom. The summed E-state index contributed by atoms with van der Waals surface area (Å²) in [4.78, 5) is 23.6. The van der Waals surface area contributed by atoms with Crippen molar-refractivity contribution in [1.29, 1.82) is 0 Å². The van der Waals surface area contributed by atoms with Crippen molar-refractivity contribution in [2.24, 2.45) is 0 Å². The maximum Gasteiger partial charge on any atom is 0.328 e. The number of hydrogen-bond acceptors (Lipinski definition) is 3. The van der Waals surface area contributed by atoms with Crippen molar-refractivity contribution in [3.05, 3.63) is 35.9 Å². The van der Waals surface area contributed by atoms with Gasteiger partial charge in [0.15, 0.2) is 0 Å². The maximum absolute atomic E-state index is 12.0. The Morgan fingerprint density at radius 2 is 1.95 bits per heavy atom. The van der Waals surface area contributed by atoms with Gasteiger partial charge in [0.1, 0.15) is 6.04 Å². The molecule has 0 aliphatic heterocycles. The van der Waals surface area contributed by atoms with Crippen LogP contribution in [0.2, 0.25) is 0 Å². The van der Waals surface area contributed by atoms with Crippen molar-refractivity contribution in [1.82, 2.24) is 5.32 Å². The molecule has 0 saturated heterocycles. The first-order valence-electron chi connectivity index (χ1n) is 6.42. The Kier molecular flexibility index (Phi) is 6.60. The zero-order valence-corrected chi connectivity index (χ0v) is 11.2. The second kappa shape index (κ2) is 8.26. The number of hydrogen-bond donors (Lipinski definition) is 2. The van der Waals surface area contributed by atoms with Crippen LogP contribution in [0, 0.1) is 0 Å². The molecule has 0 aliphatic rings. The fourth-order valence-corrected chi connectivity index (χ4v) is 1.75. The molecule has 1 atom stereocenters. The smallest absolute Gasteiger partial charge is 0.328 e. The van der Waals surface area contributed by atoms with E-state index in [0.29, 0.717) is 12.0 Å². The molecular formula is C14H21N2O3+. The van der Waals surface area contributed by atoms with Crippen LogP contribution in [0.5, 0.6) is 0 Å². The van der Waals surface area contributed by atoms with E-state index in [1.807, 2.05) is 6.07 Å². The van der Waals surface area contributed by atoms with Crippen LogP contribution < -0.4 is 11.1 Å². The number of methoxy groups -OCH3 is 1. The van der Waals surface area contributed by atoms with Crippen LogP contribution >= 0.6 is 0 Å². The van der Waals surface area contributed by atoms with Gasteiger partial charge in [0, 0.05) is 5.56 Å². The van der Waals surface area contributed by atoms with Gasteiger partial charge in [0.25, 0.3) is 5.91 Å². The second-order valence-electron chi connectivity index (χ2n) is 4.26. The highest BCUT2D eigenvalue weighted by Crippen LogP contribution is 2.05. The quantitative estimate of drug-likeness (QED) is 0.552. The topological polar surface area (TPSA) is 83.0 Å². The third-order valence-corrected chi connectivity index (χ3v) is 2.82. The van der Waals surface area contributed by atoms with E-state index in [-0.39, 0.29) is 5.91 Å². The number of rotatable bonds is 7. The van der Waals surface area contributed by atoms with Crippen LogP contribution in [0.4, 0.5) is 0 Å². The molecule has 0 spiro atoms. The maximum atomic E-state index is 12.0. The van der Waals surface area contributed by atoms with Crippen molar-refractivity contribution in [2.75, 3.05) is 13.7 Å². The summed E-state index contributed by atoms with van der Waals surface area (Å²) in [5.74, 6) is -0.668. The van der Waals surface area contributed by atoms with Crippen LogP contribution in [0.1, 0.15) is 29.6 Å². The molecule has 1 rings (SSSR count). The van der Waals surface area contributed by atoms with E-state index in [9.17, 15) is 9.59 Å². The minimum Gasteiger partial charge on any atom is -0.467 e. The number of ether oxygens (including phenoxy) is 1. The molecule has 19 heavy (non-hydrogen) atoms. The van der Waals surface area contributed by atoms with E-state index in [0.717, 1.165) is 19.4 Å². The normalized spacial score (nSPS) is 11.7. The standard InChI is InChI=1S/C14H20N2O3/c1-19-14(18)12(9-5-6-10-15)16-13(17)11-7-3-2-4-8-11/h2-4,7-8,12H,5-6,9-10,15H2,1H3,(H,16,17)/p+1/t12-/m0/s1. The molecule has 0 saturated carbocycles. The summed E-state index contributed by atoms with van der Waals surface area (Å²) >= 11 is 0. The van der Waals surface area contributed by atoms with Crippen molar-refractivity contribution in [3.8, 4) is 0 Å². The fraction of sp³-hybridized carbons (Fsp3) is 0.429. The summed E-state index contributed by atoms with van der Waals surface area (Å²) in [5.41, 5.74) is 4.29. The third-order valence-electron chi connectivity index (χ3n) is 2.82. The third kappa shape index (κ3) is 5.09. The Bertz CT molecular complexity index is 406. The molecule has 104 valence electrons. The van der Waals surface area contributed by atoms with Crippen LogP contribution in [0.25, 0.3) is 0 Å². The van der Waals surface area contributed by atoms with Gasteiger partial charge < -0.3 is 15.8 Å². The molecule has 4 N–H and O–H groups in total. The number of benzene rings is 1. The Labute approximate surface area is 113 Å². The molecule has 0 radical (unpaired) electrons. The lowest BCUT2D eigenvalue weighted by Gasteiger charge is -2.16. The van der Waals surface area contributed by atoms with Gasteiger partial charge in [-0.15, -0.1) is 0 Å². The average molecular weight is 265 g/mol. The molecule has 0 fully saturated rings. The van der Waals surface area contributed by atoms with Crippen molar-refractivity contribution in [3.63, 3.8) is 0 Å². The predicted octanol–water partition coefficient (Wildman–Crippen LogP) is 0.370. The van der Waals surface area contributed by atoms with Gasteiger partial charge in [0.05, 0.1) is 13.7 Å². The van der Waals surface area contributed by atoms with Crippen LogP contribution in [-0.2, 0) is 9.53 Å². The number of carbonyl (C=O) groups excluding carboxylic acids is 2. The summed E-state index contributed by atoms with van der Waals surface area (Å²) in [6, 6.07) is 8.22. The summed E-state index contributed by atoms with van der Waals surface area (Å²) in [6.07, 6.45) is 2.33. The number of nitrogens with one attached hydrogen (secondary N) is 1. The summed E-state index contributed by atoms with van der Waals surface area (Å²) in [5, 5.41) is 2.71. The average Bonchev–Trinajstić information content (AvgIpc) is 2.46. The summed E-state index contributed by atoms with van der Waals surface area (Å²) in [7, 11) is 1.32. The Morgan fingerprint density at radius 3 is 2.53 bits per heavy atom. The van der Waals surface area contributed by atoms with Crippen LogP contribution in [0.15, 0.2) is 30.3 Å². The molecule has 0 aliphatic carbocycles. The van der Waals surface area contributed by atoms with E-state index >= 15 is 0 Å². The van der Waals surface area contributed by atoms with Crippen LogP contribution in [0.3, 0.4) is 0 Å². The van der Waals surface area contributed by atoms with Crippen LogP contribution in [-0.4, -0.2) is 31.6 Å². The number of esters is 1. The number of carbonyl (C=O) groups is 2. The first kappa shape index (κ1) is 15.2. The summed E-state index contributed by atoms with van der Waals surface area (Å²) < 4.78 is 4.71. The first-order chi connectivity index (χ1) is 9.19. The highest BCUT2D eigenvalue weighted by molar-refractivity contribution is 5.96. The summed E-state index contributed by atoms with van der Waals surface area (Å²) in [6.45, 7) is 0.820. The second-order valence-corrected chi connectivity index (χ2v) is 4.26. The number of unbranched alkanes of at least 4 members (excludes halogenated alkanes) is 1. The first-order valence-corrected chi connectivity index (χ1v) is 6.42. The zero-order chi connectivity index (χ0) is 14.1. The Hall–Kier alpha value is -1.88. The van der Waals surface area contributed by atoms with Gasteiger partial charge in [-0.2, -0.15) is 0 Å². The van der Waals surface area contributed by atoms with E-state index in [4.69, 9.17) is 4.74 Å². The zero-order valence-electron chi connectivity index (χ0n) is 11.2. The fourth-order valence-electron chi connectivity index (χ4n) is 1.75.